The molecule has 0 saturated carbocycles. The minimum Gasteiger partial charge on any atom is -0.325 e. The zero-order chi connectivity index (χ0) is 19.6. The smallest absolute Gasteiger partial charge is 0.243 e. The van der Waals surface area contributed by atoms with E-state index in [0.717, 1.165) is 46.7 Å². The maximum atomic E-state index is 12.9. The van der Waals surface area contributed by atoms with E-state index in [9.17, 15) is 13.2 Å². The zero-order valence-corrected chi connectivity index (χ0v) is 16.9. The van der Waals surface area contributed by atoms with E-state index in [4.69, 9.17) is 0 Å². The second-order valence-corrected chi connectivity index (χ2v) is 9.24. The van der Waals surface area contributed by atoms with E-state index < -0.39 is 10.0 Å². The molecule has 5 nitrogen and oxygen atoms in total. The van der Waals surface area contributed by atoms with Gasteiger partial charge in [0.25, 0.3) is 0 Å². The first-order valence-electron chi connectivity index (χ1n) is 9.23. The fourth-order valence-electron chi connectivity index (χ4n) is 3.41. The number of likely N-dealkylation sites (N-methyl/N-ethyl adjacent to an activating group) is 1. The summed E-state index contributed by atoms with van der Waals surface area (Å²) in [7, 11) is -2.26. The normalized spacial score (nSPS) is 14.1. The highest BCUT2D eigenvalue weighted by molar-refractivity contribution is 7.89. The largest absolute Gasteiger partial charge is 0.325 e. The third-order valence-corrected chi connectivity index (χ3v) is 7.07. The Kier molecular flexibility index (Phi) is 5.67. The Balaban J connectivity index is 1.73. The Labute approximate surface area is 161 Å². The van der Waals surface area contributed by atoms with Gasteiger partial charge in [-0.15, -0.1) is 0 Å². The molecule has 0 aliphatic heterocycles. The van der Waals surface area contributed by atoms with Crippen molar-refractivity contribution < 1.29 is 13.2 Å². The van der Waals surface area contributed by atoms with Gasteiger partial charge in [0.15, 0.2) is 0 Å². The molecule has 27 heavy (non-hydrogen) atoms. The lowest BCUT2D eigenvalue weighted by atomic mass is 9.92. The predicted octanol–water partition coefficient (Wildman–Crippen LogP) is 3.44. The molecule has 6 heteroatoms. The van der Waals surface area contributed by atoms with Crippen LogP contribution in [0.4, 0.5) is 5.69 Å². The molecule has 2 aromatic rings. The molecule has 3 rings (SSSR count). The number of hydrogen-bond donors (Lipinski definition) is 1. The van der Waals surface area contributed by atoms with Gasteiger partial charge in [-0.05, 0) is 80.0 Å². The summed E-state index contributed by atoms with van der Waals surface area (Å²) in [6.45, 7) is 3.67. The van der Waals surface area contributed by atoms with E-state index in [0.29, 0.717) is 5.69 Å². The Morgan fingerprint density at radius 1 is 1.07 bits per heavy atom. The number of sulfonamides is 1. The molecule has 0 bridgehead atoms. The molecule has 1 N–H and O–H groups in total. The standard InChI is InChI=1S/C21H26N2O3S/c1-15-7-6-10-20(16(15)2)22-21(24)14-23(3)27(25,26)19-12-11-17-8-4-5-9-18(17)13-19/h6-7,10-13H,4-5,8-9,14H2,1-3H3,(H,22,24). The van der Waals surface area contributed by atoms with Crippen LogP contribution >= 0.6 is 0 Å². The maximum Gasteiger partial charge on any atom is 0.243 e. The predicted molar refractivity (Wildman–Crippen MR) is 107 cm³/mol. The van der Waals surface area contributed by atoms with Crippen LogP contribution in [0.15, 0.2) is 41.3 Å². The topological polar surface area (TPSA) is 66.5 Å². The van der Waals surface area contributed by atoms with Gasteiger partial charge in [0.2, 0.25) is 15.9 Å². The summed E-state index contributed by atoms with van der Waals surface area (Å²) >= 11 is 0. The van der Waals surface area contributed by atoms with E-state index in [1.807, 2.05) is 38.1 Å². The van der Waals surface area contributed by atoms with E-state index in [1.165, 1.54) is 12.6 Å². The minimum absolute atomic E-state index is 0.229. The van der Waals surface area contributed by atoms with Crippen LogP contribution < -0.4 is 5.32 Å². The summed E-state index contributed by atoms with van der Waals surface area (Å²) < 4.78 is 26.9. The lowest BCUT2D eigenvalue weighted by molar-refractivity contribution is -0.116. The van der Waals surface area contributed by atoms with Crippen molar-refractivity contribution in [3.63, 3.8) is 0 Å². The number of nitrogens with zero attached hydrogens (tertiary/aromatic N) is 1. The van der Waals surface area contributed by atoms with Gasteiger partial charge in [0, 0.05) is 12.7 Å². The molecule has 0 fully saturated rings. The number of hydrogen-bond acceptors (Lipinski definition) is 3. The number of aryl methyl sites for hydroxylation is 3. The van der Waals surface area contributed by atoms with E-state index in [-0.39, 0.29) is 17.3 Å². The number of carbonyl (C=O) groups excluding carboxylic acids is 1. The molecule has 144 valence electrons. The monoisotopic (exact) mass is 386 g/mol. The summed E-state index contributed by atoms with van der Waals surface area (Å²) in [5, 5.41) is 2.81. The van der Waals surface area contributed by atoms with Crippen LogP contribution in [0, 0.1) is 13.8 Å². The van der Waals surface area contributed by atoms with Gasteiger partial charge in [-0.25, -0.2) is 8.42 Å². The average Bonchev–Trinajstić information content (AvgIpc) is 2.65. The van der Waals surface area contributed by atoms with Crippen LogP contribution in [0.25, 0.3) is 0 Å². The van der Waals surface area contributed by atoms with Gasteiger partial charge in [0.05, 0.1) is 11.4 Å². The number of amides is 1. The number of benzene rings is 2. The third kappa shape index (κ3) is 4.22. The molecule has 0 atom stereocenters. The second kappa shape index (κ2) is 7.82. The molecule has 0 radical (unpaired) electrons. The van der Waals surface area contributed by atoms with E-state index in [2.05, 4.69) is 5.32 Å². The highest BCUT2D eigenvalue weighted by atomic mass is 32.2. The molecule has 0 heterocycles. The summed E-state index contributed by atoms with van der Waals surface area (Å²) in [6, 6.07) is 11.0. The molecule has 1 aliphatic carbocycles. The van der Waals surface area contributed by atoms with Crippen molar-refractivity contribution in [1.29, 1.82) is 0 Å². The van der Waals surface area contributed by atoms with E-state index in [1.54, 1.807) is 12.1 Å². The summed E-state index contributed by atoms with van der Waals surface area (Å²) in [5.74, 6) is -0.354. The quantitative estimate of drug-likeness (QED) is 0.856. The SMILES string of the molecule is Cc1cccc(NC(=O)CN(C)S(=O)(=O)c2ccc3c(c2)CCCC3)c1C. The maximum absolute atomic E-state index is 12.9. The number of anilines is 1. The second-order valence-electron chi connectivity index (χ2n) is 7.19. The average molecular weight is 387 g/mol. The lowest BCUT2D eigenvalue weighted by Crippen LogP contribution is -2.35. The molecular formula is C21H26N2O3S. The fraction of sp³-hybridized carbons (Fsp3) is 0.381. The molecule has 1 amide bonds. The molecule has 0 aromatic heterocycles. The van der Waals surface area contributed by atoms with Crippen LogP contribution in [-0.2, 0) is 27.7 Å². The van der Waals surface area contributed by atoms with Gasteiger partial charge in [-0.3, -0.25) is 4.79 Å². The summed E-state index contributed by atoms with van der Waals surface area (Å²) in [4.78, 5) is 12.6. The zero-order valence-electron chi connectivity index (χ0n) is 16.1. The van der Waals surface area contributed by atoms with Crippen LogP contribution in [-0.4, -0.2) is 32.2 Å². The summed E-state index contributed by atoms with van der Waals surface area (Å²) in [5.41, 5.74) is 5.10. The number of nitrogens with one attached hydrogen (secondary N) is 1. The van der Waals surface area contributed by atoms with Crippen LogP contribution in [0.2, 0.25) is 0 Å². The van der Waals surface area contributed by atoms with Crippen molar-refractivity contribution in [1.82, 2.24) is 4.31 Å². The van der Waals surface area contributed by atoms with Gasteiger partial charge in [-0.2, -0.15) is 4.31 Å². The number of rotatable bonds is 5. The van der Waals surface area contributed by atoms with Crippen molar-refractivity contribution in [3.05, 3.63) is 58.7 Å². The fourth-order valence-corrected chi connectivity index (χ4v) is 4.59. The van der Waals surface area contributed by atoms with Gasteiger partial charge < -0.3 is 5.32 Å². The van der Waals surface area contributed by atoms with Crippen LogP contribution in [0.5, 0.6) is 0 Å². The number of fused-ring (bicyclic) bond motifs is 1. The van der Waals surface area contributed by atoms with Crippen LogP contribution in [0.3, 0.4) is 0 Å². The molecule has 0 saturated heterocycles. The first kappa shape index (κ1) is 19.6. The van der Waals surface area contributed by atoms with Crippen molar-refractivity contribution in [3.8, 4) is 0 Å². The van der Waals surface area contributed by atoms with Crippen molar-refractivity contribution in [2.75, 3.05) is 18.9 Å². The first-order chi connectivity index (χ1) is 12.8. The van der Waals surface area contributed by atoms with Crippen molar-refractivity contribution in [2.24, 2.45) is 0 Å². The molecule has 0 unspecified atom stereocenters. The Morgan fingerprint density at radius 3 is 2.52 bits per heavy atom. The Bertz CT molecular complexity index is 967. The Hall–Kier alpha value is -2.18. The Morgan fingerprint density at radius 2 is 1.78 bits per heavy atom. The van der Waals surface area contributed by atoms with E-state index >= 15 is 0 Å². The highest BCUT2D eigenvalue weighted by Crippen LogP contribution is 2.25. The lowest BCUT2D eigenvalue weighted by Gasteiger charge is -2.20. The van der Waals surface area contributed by atoms with Crippen molar-refractivity contribution in [2.45, 2.75) is 44.4 Å². The highest BCUT2D eigenvalue weighted by Gasteiger charge is 2.24. The third-order valence-electron chi connectivity index (χ3n) is 5.27. The van der Waals surface area contributed by atoms with Gasteiger partial charge in [-0.1, -0.05) is 18.2 Å². The van der Waals surface area contributed by atoms with Gasteiger partial charge in [0.1, 0.15) is 0 Å². The minimum atomic E-state index is -3.71. The summed E-state index contributed by atoms with van der Waals surface area (Å²) in [6.07, 6.45) is 4.15. The van der Waals surface area contributed by atoms with Crippen molar-refractivity contribution >= 4 is 21.6 Å². The number of carbonyl (C=O) groups is 1. The first-order valence-corrected chi connectivity index (χ1v) is 10.7. The van der Waals surface area contributed by atoms with Gasteiger partial charge >= 0.3 is 0 Å². The van der Waals surface area contributed by atoms with Crippen LogP contribution in [0.1, 0.15) is 35.1 Å². The molecular weight excluding hydrogens is 360 g/mol. The molecule has 2 aromatic carbocycles. The molecule has 0 spiro atoms. The molecule has 1 aliphatic rings.